The van der Waals surface area contributed by atoms with Gasteiger partial charge in [0.2, 0.25) is 0 Å². The third kappa shape index (κ3) is 2.51. The van der Waals surface area contributed by atoms with Gasteiger partial charge >= 0.3 is 0 Å². The molecule has 3 heteroatoms. The van der Waals surface area contributed by atoms with Gasteiger partial charge in [-0.3, -0.25) is 0 Å². The Bertz CT molecular complexity index is 695. The second kappa shape index (κ2) is 5.43. The highest BCUT2D eigenvalue weighted by molar-refractivity contribution is 7.08. The zero-order valence-electron chi connectivity index (χ0n) is 12.2. The number of rotatable bonds is 4. The number of likely N-dealkylation sites (N-methyl/N-ethyl adjacent to an activating group) is 1. The first-order chi connectivity index (χ1) is 9.65. The summed E-state index contributed by atoms with van der Waals surface area (Å²) in [6.45, 7) is 3.28. The summed E-state index contributed by atoms with van der Waals surface area (Å²) in [5, 5.41) is 5.65. The maximum Gasteiger partial charge on any atom is 0.0487 e. The lowest BCUT2D eigenvalue weighted by molar-refractivity contribution is 0.286. The van der Waals surface area contributed by atoms with Crippen LogP contribution in [0, 0.1) is 0 Å². The number of aromatic nitrogens is 1. The Balaban J connectivity index is 2.00. The molecule has 0 spiro atoms. The van der Waals surface area contributed by atoms with E-state index in [0.29, 0.717) is 6.04 Å². The largest absolute Gasteiger partial charge is 0.346 e. The van der Waals surface area contributed by atoms with Crippen LogP contribution in [-0.4, -0.2) is 29.6 Å². The minimum absolute atomic E-state index is 0.524. The van der Waals surface area contributed by atoms with Crippen LogP contribution in [0.1, 0.15) is 6.92 Å². The van der Waals surface area contributed by atoms with Gasteiger partial charge in [-0.25, -0.2) is 0 Å². The van der Waals surface area contributed by atoms with Crippen molar-refractivity contribution in [1.82, 2.24) is 9.47 Å². The monoisotopic (exact) mass is 284 g/mol. The van der Waals surface area contributed by atoms with E-state index in [1.54, 1.807) is 11.3 Å². The van der Waals surface area contributed by atoms with Crippen molar-refractivity contribution >= 4 is 22.2 Å². The van der Waals surface area contributed by atoms with Crippen LogP contribution in [0.4, 0.5) is 0 Å². The first-order valence-electron chi connectivity index (χ1n) is 6.93. The summed E-state index contributed by atoms with van der Waals surface area (Å²) in [7, 11) is 4.26. The molecule has 2 aromatic heterocycles. The van der Waals surface area contributed by atoms with E-state index in [2.05, 4.69) is 77.8 Å². The second-order valence-electron chi connectivity index (χ2n) is 5.57. The molecule has 1 unspecified atom stereocenters. The van der Waals surface area contributed by atoms with Gasteiger partial charge in [-0.1, -0.05) is 12.1 Å². The molecule has 0 fully saturated rings. The molecular weight excluding hydrogens is 264 g/mol. The Morgan fingerprint density at radius 2 is 2.00 bits per heavy atom. The molecule has 0 saturated heterocycles. The Morgan fingerprint density at radius 3 is 2.70 bits per heavy atom. The normalized spacial score (nSPS) is 13.2. The quantitative estimate of drug-likeness (QED) is 0.692. The summed E-state index contributed by atoms with van der Waals surface area (Å²) in [5.74, 6) is 0. The first kappa shape index (κ1) is 13.4. The maximum atomic E-state index is 2.36. The van der Waals surface area contributed by atoms with Crippen LogP contribution in [0.2, 0.25) is 0 Å². The Hall–Kier alpha value is -1.58. The van der Waals surface area contributed by atoms with E-state index in [1.807, 2.05) is 0 Å². The topological polar surface area (TPSA) is 8.17 Å². The zero-order valence-corrected chi connectivity index (χ0v) is 13.0. The number of benzene rings is 1. The molecule has 20 heavy (non-hydrogen) atoms. The van der Waals surface area contributed by atoms with Crippen molar-refractivity contribution in [2.24, 2.45) is 0 Å². The molecule has 0 saturated carbocycles. The van der Waals surface area contributed by atoms with Gasteiger partial charge in [-0.15, -0.1) is 0 Å². The molecule has 3 aromatic rings. The average molecular weight is 284 g/mol. The van der Waals surface area contributed by atoms with Crippen LogP contribution in [-0.2, 0) is 6.54 Å². The average Bonchev–Trinajstić information content (AvgIpc) is 3.08. The van der Waals surface area contributed by atoms with Gasteiger partial charge < -0.3 is 9.47 Å². The Morgan fingerprint density at radius 1 is 1.15 bits per heavy atom. The van der Waals surface area contributed by atoms with Gasteiger partial charge in [0.25, 0.3) is 0 Å². The SMILES string of the molecule is CC(Cn1ccc2ccc(-c3ccsc3)cc21)N(C)C. The van der Waals surface area contributed by atoms with Crippen molar-refractivity contribution in [2.45, 2.75) is 19.5 Å². The van der Waals surface area contributed by atoms with Gasteiger partial charge in [-0.05, 0) is 66.5 Å². The predicted octanol–water partition coefficient (Wildman–Crippen LogP) is 4.32. The molecule has 2 heterocycles. The second-order valence-corrected chi connectivity index (χ2v) is 6.35. The lowest BCUT2D eigenvalue weighted by Gasteiger charge is -2.20. The van der Waals surface area contributed by atoms with Crippen molar-refractivity contribution in [3.63, 3.8) is 0 Å². The number of thiophene rings is 1. The molecular formula is C17H20N2S. The van der Waals surface area contributed by atoms with E-state index in [9.17, 15) is 0 Å². The van der Waals surface area contributed by atoms with Crippen molar-refractivity contribution in [1.29, 1.82) is 0 Å². The van der Waals surface area contributed by atoms with Crippen molar-refractivity contribution in [3.05, 3.63) is 47.3 Å². The van der Waals surface area contributed by atoms with Crippen LogP contribution < -0.4 is 0 Å². The van der Waals surface area contributed by atoms with Crippen LogP contribution in [0.15, 0.2) is 47.3 Å². The Labute approximate surface area is 124 Å². The Kier molecular flexibility index (Phi) is 3.64. The minimum atomic E-state index is 0.524. The number of fused-ring (bicyclic) bond motifs is 1. The highest BCUT2D eigenvalue weighted by Crippen LogP contribution is 2.27. The zero-order chi connectivity index (χ0) is 14.1. The van der Waals surface area contributed by atoms with E-state index in [1.165, 1.54) is 22.0 Å². The fraction of sp³-hybridized carbons (Fsp3) is 0.294. The fourth-order valence-electron chi connectivity index (χ4n) is 2.40. The molecule has 2 nitrogen and oxygen atoms in total. The predicted molar refractivity (Wildman–Crippen MR) is 88.4 cm³/mol. The molecule has 0 bridgehead atoms. The van der Waals surface area contributed by atoms with E-state index in [4.69, 9.17) is 0 Å². The highest BCUT2D eigenvalue weighted by atomic mass is 32.1. The summed E-state index contributed by atoms with van der Waals surface area (Å²) in [5.41, 5.74) is 3.93. The molecule has 3 rings (SSSR count). The smallest absolute Gasteiger partial charge is 0.0487 e. The van der Waals surface area contributed by atoms with E-state index < -0.39 is 0 Å². The van der Waals surface area contributed by atoms with Gasteiger partial charge in [0, 0.05) is 24.3 Å². The summed E-state index contributed by atoms with van der Waals surface area (Å²) < 4.78 is 2.36. The molecule has 0 aliphatic rings. The minimum Gasteiger partial charge on any atom is -0.346 e. The number of hydrogen-bond acceptors (Lipinski definition) is 2. The number of nitrogens with zero attached hydrogens (tertiary/aromatic N) is 2. The molecule has 0 aliphatic heterocycles. The van der Waals surface area contributed by atoms with Crippen molar-refractivity contribution in [2.75, 3.05) is 14.1 Å². The van der Waals surface area contributed by atoms with Gasteiger partial charge in [-0.2, -0.15) is 11.3 Å². The standard InChI is InChI=1S/C17H20N2S/c1-13(18(2)3)11-19-8-6-14-4-5-15(10-17(14)19)16-7-9-20-12-16/h4-10,12-13H,11H2,1-3H3. The number of hydrogen-bond donors (Lipinski definition) is 0. The van der Waals surface area contributed by atoms with Crippen LogP contribution in [0.25, 0.3) is 22.0 Å². The summed E-state index contributed by atoms with van der Waals surface area (Å²) >= 11 is 1.75. The van der Waals surface area contributed by atoms with Gasteiger partial charge in [0.15, 0.2) is 0 Å². The summed E-state index contributed by atoms with van der Waals surface area (Å²) in [4.78, 5) is 2.26. The molecule has 0 amide bonds. The lowest BCUT2D eigenvalue weighted by atomic mass is 10.1. The van der Waals surface area contributed by atoms with E-state index in [-0.39, 0.29) is 0 Å². The third-order valence-electron chi connectivity index (χ3n) is 3.97. The van der Waals surface area contributed by atoms with Gasteiger partial charge in [0.05, 0.1) is 0 Å². The third-order valence-corrected chi connectivity index (χ3v) is 4.65. The first-order valence-corrected chi connectivity index (χ1v) is 7.87. The van der Waals surface area contributed by atoms with Crippen molar-refractivity contribution < 1.29 is 0 Å². The lowest BCUT2D eigenvalue weighted by Crippen LogP contribution is -2.28. The molecule has 104 valence electrons. The maximum absolute atomic E-state index is 2.36. The van der Waals surface area contributed by atoms with E-state index in [0.717, 1.165) is 6.54 Å². The van der Waals surface area contributed by atoms with Crippen LogP contribution in [0.5, 0.6) is 0 Å². The van der Waals surface area contributed by atoms with Crippen LogP contribution >= 0.6 is 11.3 Å². The van der Waals surface area contributed by atoms with E-state index >= 15 is 0 Å². The summed E-state index contributed by atoms with van der Waals surface area (Å²) in [6.07, 6.45) is 2.20. The fourth-order valence-corrected chi connectivity index (χ4v) is 3.06. The van der Waals surface area contributed by atoms with Crippen LogP contribution in [0.3, 0.4) is 0 Å². The summed E-state index contributed by atoms with van der Waals surface area (Å²) in [6, 6.07) is 11.6. The molecule has 0 radical (unpaired) electrons. The molecule has 1 aromatic carbocycles. The molecule has 1 atom stereocenters. The molecule has 0 N–H and O–H groups in total. The highest BCUT2D eigenvalue weighted by Gasteiger charge is 2.09. The molecule has 0 aliphatic carbocycles. The van der Waals surface area contributed by atoms with Gasteiger partial charge in [0.1, 0.15) is 0 Å². The van der Waals surface area contributed by atoms with Crippen molar-refractivity contribution in [3.8, 4) is 11.1 Å².